The standard InChI is InChI=1S/C18H23N3O2S/c1-14(21-11-3-4-12-21)15-5-7-16(8-6-15)17-9-10-18(19-13-17)20-24(2,22)23/h5-10,13-14H,3-4,11-12H2,1-2H3,(H,19,20)/t14-/m1/s1. The zero-order valence-electron chi connectivity index (χ0n) is 14.1. The molecular weight excluding hydrogens is 322 g/mol. The number of aromatic nitrogens is 1. The zero-order chi connectivity index (χ0) is 17.2. The van der Waals surface area contributed by atoms with Crippen molar-refractivity contribution in [2.75, 3.05) is 24.1 Å². The third kappa shape index (κ3) is 4.13. The molecule has 6 heteroatoms. The van der Waals surface area contributed by atoms with Gasteiger partial charge in [-0.3, -0.25) is 9.62 Å². The van der Waals surface area contributed by atoms with Crippen LogP contribution in [0, 0.1) is 0 Å². The Morgan fingerprint density at radius 2 is 1.67 bits per heavy atom. The van der Waals surface area contributed by atoms with Gasteiger partial charge < -0.3 is 0 Å². The minimum atomic E-state index is -3.30. The molecule has 128 valence electrons. The molecule has 0 aliphatic carbocycles. The molecule has 3 rings (SSSR count). The second kappa shape index (κ2) is 6.91. The van der Waals surface area contributed by atoms with Gasteiger partial charge in [0.1, 0.15) is 5.82 Å². The van der Waals surface area contributed by atoms with E-state index in [4.69, 9.17) is 0 Å². The first-order chi connectivity index (χ1) is 11.4. The van der Waals surface area contributed by atoms with Gasteiger partial charge in [0, 0.05) is 17.8 Å². The molecule has 2 aromatic rings. The van der Waals surface area contributed by atoms with Crippen molar-refractivity contribution < 1.29 is 8.42 Å². The largest absolute Gasteiger partial charge is 0.297 e. The summed E-state index contributed by atoms with van der Waals surface area (Å²) >= 11 is 0. The average Bonchev–Trinajstić information content (AvgIpc) is 3.08. The van der Waals surface area contributed by atoms with Crippen molar-refractivity contribution in [2.24, 2.45) is 0 Å². The number of rotatable bonds is 5. The first kappa shape index (κ1) is 16.9. The highest BCUT2D eigenvalue weighted by Crippen LogP contribution is 2.27. The molecule has 0 bridgehead atoms. The Kier molecular flexibility index (Phi) is 4.87. The first-order valence-electron chi connectivity index (χ1n) is 8.20. The molecule has 5 nitrogen and oxygen atoms in total. The van der Waals surface area contributed by atoms with Crippen molar-refractivity contribution in [1.82, 2.24) is 9.88 Å². The quantitative estimate of drug-likeness (QED) is 0.903. The van der Waals surface area contributed by atoms with Gasteiger partial charge in [-0.1, -0.05) is 24.3 Å². The molecule has 0 radical (unpaired) electrons. The molecule has 1 atom stereocenters. The van der Waals surface area contributed by atoms with E-state index in [1.165, 1.54) is 31.5 Å². The summed E-state index contributed by atoms with van der Waals surface area (Å²) in [6, 6.07) is 12.5. The van der Waals surface area contributed by atoms with Crippen LogP contribution in [0.1, 0.15) is 31.4 Å². The fraction of sp³-hybridized carbons (Fsp3) is 0.389. The number of nitrogens with zero attached hydrogens (tertiary/aromatic N) is 2. The van der Waals surface area contributed by atoms with E-state index in [1.807, 2.05) is 6.07 Å². The van der Waals surface area contributed by atoms with E-state index in [1.54, 1.807) is 12.3 Å². The van der Waals surface area contributed by atoms with E-state index >= 15 is 0 Å². The van der Waals surface area contributed by atoms with Crippen LogP contribution in [0.5, 0.6) is 0 Å². The molecule has 24 heavy (non-hydrogen) atoms. The van der Waals surface area contributed by atoms with E-state index in [-0.39, 0.29) is 0 Å². The van der Waals surface area contributed by atoms with Gasteiger partial charge in [0.15, 0.2) is 0 Å². The molecule has 1 aliphatic rings. The van der Waals surface area contributed by atoms with Crippen LogP contribution in [0.3, 0.4) is 0 Å². The van der Waals surface area contributed by atoms with E-state index < -0.39 is 10.0 Å². The predicted molar refractivity (Wildman–Crippen MR) is 97.4 cm³/mol. The summed E-state index contributed by atoms with van der Waals surface area (Å²) in [5.41, 5.74) is 3.36. The lowest BCUT2D eigenvalue weighted by atomic mass is 10.0. The van der Waals surface area contributed by atoms with E-state index in [0.29, 0.717) is 11.9 Å². The van der Waals surface area contributed by atoms with E-state index in [2.05, 4.69) is 45.8 Å². The number of hydrogen-bond donors (Lipinski definition) is 1. The van der Waals surface area contributed by atoms with Crippen LogP contribution in [-0.2, 0) is 10.0 Å². The van der Waals surface area contributed by atoms with Gasteiger partial charge in [-0.15, -0.1) is 0 Å². The van der Waals surface area contributed by atoms with Crippen LogP contribution in [-0.4, -0.2) is 37.6 Å². The van der Waals surface area contributed by atoms with E-state index in [0.717, 1.165) is 17.4 Å². The van der Waals surface area contributed by atoms with Gasteiger partial charge in [-0.25, -0.2) is 13.4 Å². The van der Waals surface area contributed by atoms with Crippen LogP contribution >= 0.6 is 0 Å². The number of benzene rings is 1. The van der Waals surface area contributed by atoms with Gasteiger partial charge in [0.25, 0.3) is 0 Å². The summed E-state index contributed by atoms with van der Waals surface area (Å²) in [5.74, 6) is 0.334. The fourth-order valence-electron chi connectivity index (χ4n) is 3.11. The maximum absolute atomic E-state index is 11.2. The molecular formula is C18H23N3O2S. The molecule has 1 N–H and O–H groups in total. The van der Waals surface area contributed by atoms with Crippen LogP contribution < -0.4 is 4.72 Å². The maximum atomic E-state index is 11.2. The third-order valence-corrected chi connectivity index (χ3v) is 5.05. The monoisotopic (exact) mass is 345 g/mol. The lowest BCUT2D eigenvalue weighted by molar-refractivity contribution is 0.263. The SMILES string of the molecule is C[C@H](c1ccc(-c2ccc(NS(C)(=O)=O)nc2)cc1)N1CCCC1. The predicted octanol–water partition coefficient (Wildman–Crippen LogP) is 3.28. The van der Waals surface area contributed by atoms with Crippen molar-refractivity contribution in [3.63, 3.8) is 0 Å². The Hall–Kier alpha value is -1.92. The van der Waals surface area contributed by atoms with Crippen LogP contribution in [0.15, 0.2) is 42.6 Å². The Labute approximate surface area is 143 Å². The number of hydrogen-bond acceptors (Lipinski definition) is 4. The number of likely N-dealkylation sites (tertiary alicyclic amines) is 1. The zero-order valence-corrected chi connectivity index (χ0v) is 14.9. The average molecular weight is 345 g/mol. The topological polar surface area (TPSA) is 62.3 Å². The smallest absolute Gasteiger partial charge is 0.230 e. The van der Waals surface area contributed by atoms with Crippen LogP contribution in [0.4, 0.5) is 5.82 Å². The molecule has 0 saturated carbocycles. The van der Waals surface area contributed by atoms with Crippen molar-refractivity contribution in [1.29, 1.82) is 0 Å². The molecule has 1 aromatic carbocycles. The molecule has 0 amide bonds. The third-order valence-electron chi connectivity index (χ3n) is 4.47. The van der Waals surface area contributed by atoms with Crippen LogP contribution in [0.25, 0.3) is 11.1 Å². The maximum Gasteiger partial charge on any atom is 0.230 e. The van der Waals surface area contributed by atoms with E-state index in [9.17, 15) is 8.42 Å². The van der Waals surface area contributed by atoms with Gasteiger partial charge in [0.2, 0.25) is 10.0 Å². The molecule has 1 saturated heterocycles. The molecule has 2 heterocycles. The Bertz CT molecular complexity index is 780. The number of pyridine rings is 1. The minimum absolute atomic E-state index is 0.334. The second-order valence-corrected chi connectivity index (χ2v) is 8.10. The van der Waals surface area contributed by atoms with Crippen molar-refractivity contribution >= 4 is 15.8 Å². The number of sulfonamides is 1. The molecule has 0 spiro atoms. The summed E-state index contributed by atoms with van der Waals surface area (Å²) in [4.78, 5) is 6.68. The lowest BCUT2D eigenvalue weighted by Gasteiger charge is -2.24. The Balaban J connectivity index is 1.73. The van der Waals surface area contributed by atoms with Gasteiger partial charge in [-0.2, -0.15) is 0 Å². The number of nitrogens with one attached hydrogen (secondary N) is 1. The van der Waals surface area contributed by atoms with Gasteiger partial charge in [0.05, 0.1) is 6.26 Å². The normalized spacial score (nSPS) is 16.9. The summed E-state index contributed by atoms with van der Waals surface area (Å²) in [6.45, 7) is 4.62. The van der Waals surface area contributed by atoms with Gasteiger partial charge >= 0.3 is 0 Å². The first-order valence-corrected chi connectivity index (χ1v) is 10.1. The molecule has 1 fully saturated rings. The highest BCUT2D eigenvalue weighted by Gasteiger charge is 2.19. The summed E-state index contributed by atoms with van der Waals surface area (Å²) in [6.07, 6.45) is 5.39. The molecule has 1 aromatic heterocycles. The molecule has 0 unspecified atom stereocenters. The van der Waals surface area contributed by atoms with Crippen molar-refractivity contribution in [3.8, 4) is 11.1 Å². The minimum Gasteiger partial charge on any atom is -0.297 e. The van der Waals surface area contributed by atoms with Gasteiger partial charge in [-0.05, 0) is 56.1 Å². The highest BCUT2D eigenvalue weighted by atomic mass is 32.2. The van der Waals surface area contributed by atoms with Crippen molar-refractivity contribution in [3.05, 3.63) is 48.2 Å². The fourth-order valence-corrected chi connectivity index (χ4v) is 3.61. The summed E-state index contributed by atoms with van der Waals surface area (Å²) < 4.78 is 24.8. The Morgan fingerprint density at radius 3 is 2.21 bits per heavy atom. The van der Waals surface area contributed by atoms with Crippen molar-refractivity contribution in [2.45, 2.75) is 25.8 Å². The Morgan fingerprint density at radius 1 is 1.04 bits per heavy atom. The summed E-state index contributed by atoms with van der Waals surface area (Å²) in [7, 11) is -3.30. The lowest BCUT2D eigenvalue weighted by Crippen LogP contribution is -2.23. The number of anilines is 1. The molecule has 1 aliphatic heterocycles. The highest BCUT2D eigenvalue weighted by molar-refractivity contribution is 7.92. The second-order valence-electron chi connectivity index (χ2n) is 6.35. The summed E-state index contributed by atoms with van der Waals surface area (Å²) in [5, 5.41) is 0. The van der Waals surface area contributed by atoms with Crippen LogP contribution in [0.2, 0.25) is 0 Å².